The Morgan fingerprint density at radius 2 is 1.86 bits per heavy atom. The molecule has 2 aliphatic heterocycles. The Morgan fingerprint density at radius 1 is 1.00 bits per heavy atom. The number of benzene rings is 1. The molecule has 180 valence electrons. The highest BCUT2D eigenvalue weighted by Gasteiger charge is 2.37. The monoisotopic (exact) mass is 489 g/mol. The summed E-state index contributed by atoms with van der Waals surface area (Å²) in [5.74, 6) is 1.60. The minimum Gasteiger partial charge on any atom is -0.481 e. The second-order valence-corrected chi connectivity index (χ2v) is 9.59. The van der Waals surface area contributed by atoms with Crippen LogP contribution in [0.2, 0.25) is 5.02 Å². The van der Waals surface area contributed by atoms with Gasteiger partial charge in [-0.3, -0.25) is 4.90 Å². The van der Waals surface area contributed by atoms with Gasteiger partial charge < -0.3 is 18.8 Å². The number of hydrogen-bond donors (Lipinski definition) is 0. The summed E-state index contributed by atoms with van der Waals surface area (Å²) < 4.78 is 13.6. The Kier molecular flexibility index (Phi) is 6.06. The zero-order chi connectivity index (χ0) is 23.8. The van der Waals surface area contributed by atoms with E-state index in [1.807, 2.05) is 42.5 Å². The van der Waals surface area contributed by atoms with E-state index >= 15 is 0 Å². The number of ether oxygens (including phenoxy) is 2. The number of halogens is 1. The Labute approximate surface area is 209 Å². The number of nitrogens with zero attached hydrogens (tertiary/aromatic N) is 5. The first kappa shape index (κ1) is 22.3. The van der Waals surface area contributed by atoms with Crippen molar-refractivity contribution < 1.29 is 9.47 Å². The Morgan fingerprint density at radius 3 is 2.71 bits per heavy atom. The van der Waals surface area contributed by atoms with Gasteiger partial charge in [0.25, 0.3) is 0 Å². The topological polar surface area (TPSA) is 55.1 Å². The van der Waals surface area contributed by atoms with Crippen LogP contribution in [-0.2, 0) is 11.3 Å². The highest BCUT2D eigenvalue weighted by Crippen LogP contribution is 2.31. The largest absolute Gasteiger partial charge is 0.481 e. The maximum atomic E-state index is 6.16. The molecule has 35 heavy (non-hydrogen) atoms. The minimum atomic E-state index is 0.217. The van der Waals surface area contributed by atoms with Crippen molar-refractivity contribution in [1.82, 2.24) is 19.3 Å². The van der Waals surface area contributed by atoms with Crippen LogP contribution >= 0.6 is 11.6 Å². The van der Waals surface area contributed by atoms with Gasteiger partial charge in [-0.05, 0) is 36.8 Å². The predicted molar refractivity (Wildman–Crippen MR) is 137 cm³/mol. The molecule has 0 N–H and O–H groups in total. The zero-order valence-corrected chi connectivity index (χ0v) is 20.4. The second-order valence-electron chi connectivity index (χ2n) is 9.16. The van der Waals surface area contributed by atoms with E-state index < -0.39 is 0 Å². The number of aromatic nitrogens is 3. The molecule has 0 spiro atoms. The smallest absolute Gasteiger partial charge is 0.214 e. The van der Waals surface area contributed by atoms with Crippen LogP contribution in [0.4, 0.5) is 5.82 Å². The fraction of sp³-hybridized carbons (Fsp3) is 0.333. The fourth-order valence-corrected chi connectivity index (χ4v) is 5.44. The number of imidazole rings is 1. The van der Waals surface area contributed by atoms with Crippen LogP contribution in [0.3, 0.4) is 0 Å². The first-order valence-corrected chi connectivity index (χ1v) is 12.4. The molecule has 8 heteroatoms. The van der Waals surface area contributed by atoms with Crippen LogP contribution in [0, 0.1) is 0 Å². The highest BCUT2D eigenvalue weighted by atomic mass is 35.5. The van der Waals surface area contributed by atoms with Crippen molar-refractivity contribution in [1.29, 1.82) is 0 Å². The summed E-state index contributed by atoms with van der Waals surface area (Å²) in [5, 5.41) is 0.727. The summed E-state index contributed by atoms with van der Waals surface area (Å²) in [6.07, 6.45) is 3.10. The van der Waals surface area contributed by atoms with Crippen molar-refractivity contribution in [3.8, 4) is 17.1 Å². The van der Waals surface area contributed by atoms with E-state index in [0.717, 1.165) is 60.4 Å². The zero-order valence-electron chi connectivity index (χ0n) is 19.7. The number of fused-ring (bicyclic) bond motifs is 3. The molecule has 0 saturated carbocycles. The van der Waals surface area contributed by atoms with Gasteiger partial charge in [-0.1, -0.05) is 35.9 Å². The molecule has 2 bridgehead atoms. The van der Waals surface area contributed by atoms with Crippen LogP contribution < -0.4 is 9.64 Å². The highest BCUT2D eigenvalue weighted by molar-refractivity contribution is 6.30. The van der Waals surface area contributed by atoms with Gasteiger partial charge in [0.1, 0.15) is 11.5 Å². The maximum absolute atomic E-state index is 6.16. The van der Waals surface area contributed by atoms with Gasteiger partial charge >= 0.3 is 0 Å². The van der Waals surface area contributed by atoms with Crippen molar-refractivity contribution in [3.05, 3.63) is 77.6 Å². The summed E-state index contributed by atoms with van der Waals surface area (Å²) in [6, 6.07) is 20.6. The molecule has 2 fully saturated rings. The lowest BCUT2D eigenvalue weighted by Gasteiger charge is -2.41. The summed E-state index contributed by atoms with van der Waals surface area (Å²) >= 11 is 6.16. The molecular weight excluding hydrogens is 462 g/mol. The van der Waals surface area contributed by atoms with Crippen LogP contribution in [0.5, 0.6) is 5.88 Å². The molecule has 2 saturated heterocycles. The van der Waals surface area contributed by atoms with Crippen molar-refractivity contribution in [2.75, 3.05) is 38.3 Å². The molecule has 2 unspecified atom stereocenters. The van der Waals surface area contributed by atoms with Crippen molar-refractivity contribution >= 4 is 23.1 Å². The summed E-state index contributed by atoms with van der Waals surface area (Å²) in [4.78, 5) is 14.7. The lowest BCUT2D eigenvalue weighted by Crippen LogP contribution is -2.54. The average molecular weight is 490 g/mol. The van der Waals surface area contributed by atoms with E-state index in [-0.39, 0.29) is 12.1 Å². The average Bonchev–Trinajstić information content (AvgIpc) is 3.21. The van der Waals surface area contributed by atoms with Crippen molar-refractivity contribution in [3.63, 3.8) is 0 Å². The van der Waals surface area contributed by atoms with Gasteiger partial charge in [0.15, 0.2) is 0 Å². The SMILES string of the molecule is COc1cccc(N2C3CCN(Cc4c(-c5ccc(Cl)cc5)nc5ccccn45)CC2COC3)n1. The quantitative estimate of drug-likeness (QED) is 0.410. The molecule has 0 aliphatic carbocycles. The molecule has 2 aliphatic rings. The Balaban J connectivity index is 1.33. The van der Waals surface area contributed by atoms with Crippen LogP contribution in [0.25, 0.3) is 16.9 Å². The molecule has 3 aromatic heterocycles. The molecule has 0 amide bonds. The minimum absolute atomic E-state index is 0.217. The summed E-state index contributed by atoms with van der Waals surface area (Å²) in [6.45, 7) is 4.06. The van der Waals surface area contributed by atoms with Crippen LogP contribution in [0.15, 0.2) is 66.9 Å². The molecule has 5 heterocycles. The van der Waals surface area contributed by atoms with E-state index in [0.29, 0.717) is 12.5 Å². The number of rotatable bonds is 5. The Hall–Kier alpha value is -3.13. The van der Waals surface area contributed by atoms with Gasteiger partial charge in [-0.2, -0.15) is 4.98 Å². The lowest BCUT2D eigenvalue weighted by molar-refractivity contribution is 0.0672. The van der Waals surface area contributed by atoms with Gasteiger partial charge in [0.05, 0.1) is 43.8 Å². The molecule has 6 rings (SSSR count). The molecule has 7 nitrogen and oxygen atoms in total. The van der Waals surface area contributed by atoms with E-state index in [2.05, 4.69) is 38.6 Å². The summed E-state index contributed by atoms with van der Waals surface area (Å²) in [7, 11) is 1.66. The van der Waals surface area contributed by atoms with Crippen molar-refractivity contribution in [2.45, 2.75) is 25.0 Å². The lowest BCUT2D eigenvalue weighted by atomic mass is 10.1. The molecule has 4 aromatic rings. The fourth-order valence-electron chi connectivity index (χ4n) is 5.31. The summed E-state index contributed by atoms with van der Waals surface area (Å²) in [5.41, 5.74) is 4.22. The van der Waals surface area contributed by atoms with Crippen LogP contribution in [0.1, 0.15) is 12.1 Å². The Bertz CT molecular complexity index is 1320. The third-order valence-corrected chi connectivity index (χ3v) is 7.21. The normalized spacial score (nSPS) is 20.7. The molecule has 1 aromatic carbocycles. The van der Waals surface area contributed by atoms with E-state index in [1.54, 1.807) is 7.11 Å². The predicted octanol–water partition coefficient (Wildman–Crippen LogP) is 4.54. The molecular formula is C27H28ClN5O2. The number of anilines is 1. The number of methoxy groups -OCH3 is 1. The second kappa shape index (κ2) is 9.49. The standard InChI is InChI=1S/C27H28ClN5O2/c1-34-26-7-4-6-25(29-26)33-21-12-14-31(15-22(33)18-35-17-21)16-23-27(19-8-10-20(28)11-9-19)30-24-5-2-3-13-32(23)24/h2-11,13,21-22H,12,14-18H2,1H3. The van der Waals surface area contributed by atoms with Crippen molar-refractivity contribution in [2.24, 2.45) is 0 Å². The maximum Gasteiger partial charge on any atom is 0.214 e. The first-order chi connectivity index (χ1) is 17.2. The van der Waals surface area contributed by atoms with E-state index in [4.69, 9.17) is 31.0 Å². The van der Waals surface area contributed by atoms with Gasteiger partial charge in [0.2, 0.25) is 5.88 Å². The first-order valence-electron chi connectivity index (χ1n) is 12.0. The number of pyridine rings is 2. The third kappa shape index (κ3) is 4.35. The van der Waals surface area contributed by atoms with E-state index in [1.165, 1.54) is 5.69 Å². The van der Waals surface area contributed by atoms with Gasteiger partial charge in [-0.25, -0.2) is 4.98 Å². The van der Waals surface area contributed by atoms with Gasteiger partial charge in [0, 0.05) is 42.5 Å². The molecule has 2 atom stereocenters. The third-order valence-electron chi connectivity index (χ3n) is 6.96. The van der Waals surface area contributed by atoms with E-state index in [9.17, 15) is 0 Å². The molecule has 0 radical (unpaired) electrons. The van der Waals surface area contributed by atoms with Gasteiger partial charge in [-0.15, -0.1) is 0 Å². The number of morpholine rings is 1. The van der Waals surface area contributed by atoms with Crippen LogP contribution in [-0.4, -0.2) is 64.8 Å². The number of hydrogen-bond acceptors (Lipinski definition) is 6.